The van der Waals surface area contributed by atoms with Crippen LogP contribution in [0.1, 0.15) is 126 Å². The molecule has 0 radical (unpaired) electrons. The van der Waals surface area contributed by atoms with Crippen molar-refractivity contribution in [3.63, 3.8) is 0 Å². The first-order valence-electron chi connectivity index (χ1n) is 16.9. The molecule has 5 nitrogen and oxygen atoms in total. The number of hydrogen-bond acceptors (Lipinski definition) is 5. The van der Waals surface area contributed by atoms with E-state index in [-0.39, 0.29) is 33.6 Å². The molecule has 5 rings (SSSR count). The first-order valence-corrected chi connectivity index (χ1v) is 16.9. The number of unbranched alkanes of at least 4 members (excludes halogenated alkanes) is 1. The first-order chi connectivity index (χ1) is 19.2. The van der Waals surface area contributed by atoms with E-state index in [2.05, 4.69) is 48.1 Å². The third-order valence-corrected chi connectivity index (χ3v) is 14.6. The summed E-state index contributed by atoms with van der Waals surface area (Å²) >= 11 is 0. The molecule has 5 saturated carbocycles. The topological polar surface area (TPSA) is 72.8 Å². The molecule has 0 spiro atoms. The predicted molar refractivity (Wildman–Crippen MR) is 162 cm³/mol. The van der Waals surface area contributed by atoms with Gasteiger partial charge in [-0.1, -0.05) is 53.2 Å². The quantitative estimate of drug-likeness (QED) is 0.191. The number of allylic oxidation sites excluding steroid dienone is 1. The van der Waals surface area contributed by atoms with Crippen molar-refractivity contribution < 1.29 is 24.2 Å². The Bertz CT molecular complexity index is 1050. The van der Waals surface area contributed by atoms with Gasteiger partial charge in [-0.3, -0.25) is 9.59 Å². The number of carbonyl (C=O) groups excluding carboxylic acids is 2. The minimum atomic E-state index is -0.444. The fraction of sp³-hybridized carbons (Fsp3) is 0.889. The smallest absolute Gasteiger partial charge is 0.312 e. The lowest BCUT2D eigenvalue weighted by Gasteiger charge is -2.72. The van der Waals surface area contributed by atoms with Gasteiger partial charge >= 0.3 is 11.9 Å². The van der Waals surface area contributed by atoms with Crippen LogP contribution in [0.5, 0.6) is 0 Å². The standard InChI is InChI=1S/C36H58O5/c1-9-10-21-40-31(39)36-18-13-25(23(2)3)30(36)26-11-12-28-32(5)16-15-29(38)33(6,22-41-24(4)37)27(32)14-17-35(28,8)34(26,7)19-20-36/h25-30,38H,2,9-22H2,1,3-8H3/t25-,26?,27?,28?,29-,30?,32-,33-,34+,35+,36-/m0/s1. The molecule has 0 aliphatic heterocycles. The Morgan fingerprint density at radius 1 is 0.854 bits per heavy atom. The minimum Gasteiger partial charge on any atom is -0.465 e. The molecule has 0 bridgehead atoms. The number of fused-ring (bicyclic) bond motifs is 7. The summed E-state index contributed by atoms with van der Waals surface area (Å²) in [5.41, 5.74) is 0.857. The minimum absolute atomic E-state index is 0.0761. The molecule has 5 heteroatoms. The van der Waals surface area contributed by atoms with Crippen LogP contribution in [0.2, 0.25) is 0 Å². The summed E-state index contributed by atoms with van der Waals surface area (Å²) in [6, 6.07) is 0. The lowest BCUT2D eigenvalue weighted by atomic mass is 9.32. The Hall–Kier alpha value is -1.36. The van der Waals surface area contributed by atoms with Crippen molar-refractivity contribution in [1.82, 2.24) is 0 Å². The van der Waals surface area contributed by atoms with Gasteiger partial charge in [0.1, 0.15) is 0 Å². The average molecular weight is 571 g/mol. The maximum Gasteiger partial charge on any atom is 0.312 e. The number of aliphatic hydroxyl groups is 1. The van der Waals surface area contributed by atoms with Crippen LogP contribution < -0.4 is 0 Å². The Kier molecular flexibility index (Phi) is 8.08. The van der Waals surface area contributed by atoms with E-state index in [1.54, 1.807) is 0 Å². The second kappa shape index (κ2) is 10.7. The second-order valence-corrected chi connectivity index (χ2v) is 16.2. The molecule has 1 N–H and O–H groups in total. The van der Waals surface area contributed by atoms with Crippen molar-refractivity contribution in [1.29, 1.82) is 0 Å². The fourth-order valence-corrected chi connectivity index (χ4v) is 12.2. The summed E-state index contributed by atoms with van der Waals surface area (Å²) in [6.07, 6.45) is 11.9. The number of aliphatic hydroxyl groups excluding tert-OH is 1. The van der Waals surface area contributed by atoms with E-state index in [1.807, 2.05) is 0 Å². The normalized spacial score (nSPS) is 48.7. The Morgan fingerprint density at radius 2 is 1.59 bits per heavy atom. The molecule has 0 heterocycles. The van der Waals surface area contributed by atoms with Gasteiger partial charge < -0.3 is 14.6 Å². The van der Waals surface area contributed by atoms with Crippen molar-refractivity contribution in [3.05, 3.63) is 12.2 Å². The van der Waals surface area contributed by atoms with Crippen molar-refractivity contribution in [2.75, 3.05) is 13.2 Å². The largest absolute Gasteiger partial charge is 0.465 e. The van der Waals surface area contributed by atoms with Gasteiger partial charge in [-0.25, -0.2) is 0 Å². The zero-order valence-electron chi connectivity index (χ0n) is 27.2. The maximum atomic E-state index is 13.9. The summed E-state index contributed by atoms with van der Waals surface area (Å²) < 4.78 is 11.6. The van der Waals surface area contributed by atoms with Crippen LogP contribution in [0.15, 0.2) is 12.2 Å². The molecule has 5 fully saturated rings. The van der Waals surface area contributed by atoms with E-state index < -0.39 is 11.5 Å². The fourth-order valence-electron chi connectivity index (χ4n) is 12.2. The third kappa shape index (κ3) is 4.40. The van der Waals surface area contributed by atoms with Crippen LogP contribution in [-0.4, -0.2) is 36.4 Å². The van der Waals surface area contributed by atoms with Crippen LogP contribution in [0, 0.1) is 56.7 Å². The van der Waals surface area contributed by atoms with Gasteiger partial charge in [-0.15, -0.1) is 0 Å². The van der Waals surface area contributed by atoms with Crippen LogP contribution in [0.4, 0.5) is 0 Å². The zero-order chi connectivity index (χ0) is 30.0. The van der Waals surface area contributed by atoms with Gasteiger partial charge in [0.2, 0.25) is 0 Å². The van der Waals surface area contributed by atoms with E-state index in [1.165, 1.54) is 18.9 Å². The molecule has 11 atom stereocenters. The Labute approximate surface area is 249 Å². The highest BCUT2D eigenvalue weighted by Crippen LogP contribution is 2.77. The molecular weight excluding hydrogens is 512 g/mol. The van der Waals surface area contributed by atoms with E-state index >= 15 is 0 Å². The molecule has 5 aliphatic carbocycles. The van der Waals surface area contributed by atoms with E-state index in [4.69, 9.17) is 9.47 Å². The van der Waals surface area contributed by atoms with Crippen molar-refractivity contribution in [2.45, 2.75) is 132 Å². The highest BCUT2D eigenvalue weighted by Gasteiger charge is 2.72. The lowest BCUT2D eigenvalue weighted by molar-refractivity contribution is -0.255. The van der Waals surface area contributed by atoms with Crippen LogP contribution in [0.25, 0.3) is 0 Å². The molecule has 0 amide bonds. The third-order valence-electron chi connectivity index (χ3n) is 14.6. The maximum absolute atomic E-state index is 13.9. The second-order valence-electron chi connectivity index (χ2n) is 16.2. The number of rotatable bonds is 7. The van der Waals surface area contributed by atoms with Crippen molar-refractivity contribution in [3.8, 4) is 0 Å². The van der Waals surface area contributed by atoms with Crippen molar-refractivity contribution >= 4 is 11.9 Å². The predicted octanol–water partition coefficient (Wildman–Crippen LogP) is 7.89. The molecule has 4 unspecified atom stereocenters. The summed E-state index contributed by atoms with van der Waals surface area (Å²) in [7, 11) is 0. The molecule has 232 valence electrons. The summed E-state index contributed by atoms with van der Waals surface area (Å²) in [4.78, 5) is 25.7. The molecular formula is C36H58O5. The van der Waals surface area contributed by atoms with Crippen LogP contribution >= 0.6 is 0 Å². The highest BCUT2D eigenvalue weighted by atomic mass is 16.5. The number of hydrogen-bond donors (Lipinski definition) is 1. The first kappa shape index (κ1) is 31.1. The SMILES string of the molecule is C=C(C)[C@@H]1CC[C@]2(C(=O)OCCCC)CC[C@]3(C)C(CCC4[C@@]5(C)CC[C@H](O)[C@@](C)(COC(C)=O)C5CC[C@]43C)C12. The molecule has 0 saturated heterocycles. The van der Waals surface area contributed by atoms with Gasteiger partial charge in [0, 0.05) is 12.3 Å². The molecule has 5 aliphatic rings. The van der Waals surface area contributed by atoms with Gasteiger partial charge in [0.05, 0.1) is 24.7 Å². The van der Waals surface area contributed by atoms with Gasteiger partial charge in [-0.2, -0.15) is 0 Å². The number of ether oxygens (including phenoxy) is 2. The molecule has 0 aromatic rings. The zero-order valence-corrected chi connectivity index (χ0v) is 27.2. The van der Waals surface area contributed by atoms with Crippen LogP contribution in [-0.2, 0) is 19.1 Å². The van der Waals surface area contributed by atoms with E-state index in [0.717, 1.165) is 70.6 Å². The average Bonchev–Trinajstić information content (AvgIpc) is 3.32. The molecule has 41 heavy (non-hydrogen) atoms. The van der Waals surface area contributed by atoms with Crippen molar-refractivity contribution in [2.24, 2.45) is 56.7 Å². The highest BCUT2D eigenvalue weighted by molar-refractivity contribution is 5.78. The van der Waals surface area contributed by atoms with Gasteiger partial charge in [0.25, 0.3) is 0 Å². The Morgan fingerprint density at radius 3 is 2.24 bits per heavy atom. The summed E-state index contributed by atoms with van der Waals surface area (Å²) in [6.45, 7) is 21.0. The molecule has 0 aromatic heterocycles. The summed E-state index contributed by atoms with van der Waals surface area (Å²) in [5, 5.41) is 11.3. The lowest BCUT2D eigenvalue weighted by Crippen LogP contribution is -2.67. The van der Waals surface area contributed by atoms with Crippen LogP contribution in [0.3, 0.4) is 0 Å². The number of esters is 2. The van der Waals surface area contributed by atoms with E-state index in [9.17, 15) is 14.7 Å². The van der Waals surface area contributed by atoms with E-state index in [0.29, 0.717) is 42.8 Å². The monoisotopic (exact) mass is 570 g/mol. The Balaban J connectivity index is 1.49. The van der Waals surface area contributed by atoms with Gasteiger partial charge in [0.15, 0.2) is 0 Å². The van der Waals surface area contributed by atoms with Gasteiger partial charge in [-0.05, 0) is 123 Å². The number of carbonyl (C=O) groups is 2. The molecule has 0 aromatic carbocycles. The summed E-state index contributed by atoms with van der Waals surface area (Å²) in [5.74, 6) is 1.88.